The fourth-order valence-corrected chi connectivity index (χ4v) is 3.31. The van der Waals surface area contributed by atoms with Gasteiger partial charge in [0.2, 0.25) is 0 Å². The molecule has 4 amide bonds. The maximum absolute atomic E-state index is 14.8. The molecule has 0 spiro atoms. The van der Waals surface area contributed by atoms with Crippen molar-refractivity contribution in [3.05, 3.63) is 72.1 Å². The second-order valence-electron chi connectivity index (χ2n) is 6.36. The molecule has 2 aliphatic rings. The Labute approximate surface area is 159 Å². The Balaban J connectivity index is 1.68. The molecule has 2 heterocycles. The quantitative estimate of drug-likeness (QED) is 0.772. The number of hydrogen-bond donors (Lipinski definition) is 0. The Morgan fingerprint density at radius 1 is 0.679 bits per heavy atom. The van der Waals surface area contributed by atoms with Gasteiger partial charge in [-0.15, -0.1) is 0 Å². The minimum absolute atomic E-state index is 0.162. The first-order chi connectivity index (χ1) is 13.4. The fraction of sp³-hybridized carbons (Fsp3) is 0.0476. The molecule has 0 radical (unpaired) electrons. The first-order valence-electron chi connectivity index (χ1n) is 8.39. The zero-order valence-corrected chi connectivity index (χ0v) is 14.7. The third kappa shape index (κ3) is 2.73. The van der Waals surface area contributed by atoms with Gasteiger partial charge in [-0.25, -0.2) is 14.2 Å². The molecule has 0 saturated heterocycles. The molecule has 0 aromatic heterocycles. The summed E-state index contributed by atoms with van der Waals surface area (Å²) in [5.74, 6) is -2.50. The molecule has 4 rings (SSSR count). The lowest BCUT2D eigenvalue weighted by molar-refractivity contribution is -0.121. The second kappa shape index (κ2) is 6.38. The smallest absolute Gasteiger partial charge is 0.258 e. The lowest BCUT2D eigenvalue weighted by atomic mass is 9.98. The normalized spacial score (nSPS) is 16.1. The summed E-state index contributed by atoms with van der Waals surface area (Å²) in [5, 5.41) is 0. The minimum atomic E-state index is -0.592. The van der Waals surface area contributed by atoms with Crippen molar-refractivity contribution in [3.63, 3.8) is 0 Å². The van der Waals surface area contributed by atoms with Gasteiger partial charge in [-0.2, -0.15) is 0 Å². The standard InChI is InChI=1S/C21H13FN2O4/c1-12-10-15(24-19(27)8-9-20(24)28)11-16(22)21(12)13-2-4-14(5-3-13)23-17(25)6-7-18(23)26/h2-11H,1H3. The van der Waals surface area contributed by atoms with Crippen LogP contribution in [0.4, 0.5) is 15.8 Å². The van der Waals surface area contributed by atoms with Crippen LogP contribution in [0.3, 0.4) is 0 Å². The highest BCUT2D eigenvalue weighted by Crippen LogP contribution is 2.33. The Hall–Kier alpha value is -3.87. The van der Waals surface area contributed by atoms with E-state index in [0.29, 0.717) is 22.4 Å². The number of halogens is 1. The van der Waals surface area contributed by atoms with Crippen molar-refractivity contribution in [1.29, 1.82) is 0 Å². The summed E-state index contributed by atoms with van der Waals surface area (Å²) in [6.45, 7) is 1.67. The summed E-state index contributed by atoms with van der Waals surface area (Å²) in [6.07, 6.45) is 4.65. The highest BCUT2D eigenvalue weighted by molar-refractivity contribution is 6.28. The van der Waals surface area contributed by atoms with E-state index < -0.39 is 29.4 Å². The highest BCUT2D eigenvalue weighted by Gasteiger charge is 2.27. The van der Waals surface area contributed by atoms with Crippen molar-refractivity contribution in [1.82, 2.24) is 0 Å². The number of carbonyl (C=O) groups excluding carboxylic acids is 4. The zero-order chi connectivity index (χ0) is 20.0. The van der Waals surface area contributed by atoms with Gasteiger partial charge in [-0.3, -0.25) is 19.2 Å². The molecule has 2 aromatic carbocycles. The molecular weight excluding hydrogens is 363 g/mol. The van der Waals surface area contributed by atoms with Crippen molar-refractivity contribution >= 4 is 35.0 Å². The van der Waals surface area contributed by atoms with E-state index in [-0.39, 0.29) is 5.69 Å². The molecule has 0 N–H and O–H groups in total. The van der Waals surface area contributed by atoms with Gasteiger partial charge in [0.25, 0.3) is 23.6 Å². The van der Waals surface area contributed by atoms with Gasteiger partial charge in [-0.1, -0.05) is 12.1 Å². The summed E-state index contributed by atoms with van der Waals surface area (Å²) < 4.78 is 14.8. The molecule has 0 atom stereocenters. The maximum Gasteiger partial charge on any atom is 0.258 e. The number of aryl methyl sites for hydroxylation is 1. The molecule has 0 unspecified atom stereocenters. The molecule has 6 nitrogen and oxygen atoms in total. The molecular formula is C21H13FN2O4. The van der Waals surface area contributed by atoms with Gasteiger partial charge in [-0.05, 0) is 42.3 Å². The summed E-state index contributed by atoms with van der Waals surface area (Å²) in [4.78, 5) is 49.1. The second-order valence-corrected chi connectivity index (χ2v) is 6.36. The molecule has 0 aliphatic carbocycles. The number of amides is 4. The lowest BCUT2D eigenvalue weighted by Crippen LogP contribution is -2.29. The largest absolute Gasteiger partial charge is 0.269 e. The first-order valence-corrected chi connectivity index (χ1v) is 8.39. The Kier molecular flexibility index (Phi) is 4.00. The highest BCUT2D eigenvalue weighted by atomic mass is 19.1. The van der Waals surface area contributed by atoms with Gasteiger partial charge in [0.05, 0.1) is 11.4 Å². The molecule has 2 aromatic rings. The number of benzene rings is 2. The summed E-state index contributed by atoms with van der Waals surface area (Å²) >= 11 is 0. The fourth-order valence-electron chi connectivity index (χ4n) is 3.31. The van der Waals surface area contributed by atoms with Crippen molar-refractivity contribution in [3.8, 4) is 11.1 Å². The van der Waals surface area contributed by atoms with Gasteiger partial charge < -0.3 is 0 Å². The van der Waals surface area contributed by atoms with Crippen LogP contribution < -0.4 is 9.80 Å². The van der Waals surface area contributed by atoms with Crippen molar-refractivity contribution in [2.24, 2.45) is 0 Å². The van der Waals surface area contributed by atoms with E-state index in [4.69, 9.17) is 0 Å². The molecule has 138 valence electrons. The lowest BCUT2D eigenvalue weighted by Gasteiger charge is -2.18. The third-order valence-corrected chi connectivity index (χ3v) is 4.56. The number of hydrogen-bond acceptors (Lipinski definition) is 4. The average Bonchev–Trinajstić information content (AvgIpc) is 3.16. The molecule has 0 saturated carbocycles. The number of imide groups is 2. The van der Waals surface area contributed by atoms with Gasteiger partial charge in [0, 0.05) is 29.9 Å². The third-order valence-electron chi connectivity index (χ3n) is 4.56. The van der Waals surface area contributed by atoms with Crippen LogP contribution in [-0.2, 0) is 19.2 Å². The van der Waals surface area contributed by atoms with E-state index in [1.807, 2.05) is 0 Å². The number of nitrogens with zero attached hydrogens (tertiary/aromatic N) is 2. The van der Waals surface area contributed by atoms with Crippen molar-refractivity contribution < 1.29 is 23.6 Å². The van der Waals surface area contributed by atoms with E-state index in [1.165, 1.54) is 12.2 Å². The number of carbonyl (C=O) groups is 4. The van der Waals surface area contributed by atoms with Crippen molar-refractivity contribution in [2.75, 3.05) is 9.80 Å². The Bertz CT molecular complexity index is 1060. The molecule has 0 bridgehead atoms. The van der Waals surface area contributed by atoms with E-state index in [1.54, 1.807) is 37.3 Å². The van der Waals surface area contributed by atoms with E-state index in [0.717, 1.165) is 28.0 Å². The van der Waals surface area contributed by atoms with Crippen LogP contribution in [0, 0.1) is 12.7 Å². The summed E-state index contributed by atoms with van der Waals surface area (Å²) in [7, 11) is 0. The SMILES string of the molecule is Cc1cc(N2C(=O)C=CC2=O)cc(F)c1-c1ccc(N2C(=O)C=CC2=O)cc1. The van der Waals surface area contributed by atoms with Gasteiger partial charge in [0.1, 0.15) is 5.82 Å². The van der Waals surface area contributed by atoms with Gasteiger partial charge >= 0.3 is 0 Å². The summed E-state index contributed by atoms with van der Waals surface area (Å²) in [6, 6.07) is 9.02. The maximum atomic E-state index is 14.8. The van der Waals surface area contributed by atoms with Crippen LogP contribution in [0.2, 0.25) is 0 Å². The van der Waals surface area contributed by atoms with E-state index in [9.17, 15) is 23.6 Å². The summed E-state index contributed by atoms with van der Waals surface area (Å²) in [5.41, 5.74) is 1.92. The molecule has 28 heavy (non-hydrogen) atoms. The van der Waals surface area contributed by atoms with E-state index >= 15 is 0 Å². The van der Waals surface area contributed by atoms with Crippen LogP contribution in [0.25, 0.3) is 11.1 Å². The average molecular weight is 376 g/mol. The van der Waals surface area contributed by atoms with Gasteiger partial charge in [0.15, 0.2) is 0 Å². The predicted molar refractivity (Wildman–Crippen MR) is 99.8 cm³/mol. The van der Waals surface area contributed by atoms with E-state index in [2.05, 4.69) is 0 Å². The van der Waals surface area contributed by atoms with Crippen LogP contribution in [-0.4, -0.2) is 23.6 Å². The van der Waals surface area contributed by atoms with Crippen LogP contribution in [0.15, 0.2) is 60.7 Å². The predicted octanol–water partition coefficient (Wildman–Crippen LogP) is 2.66. The number of anilines is 2. The minimum Gasteiger partial charge on any atom is -0.269 e. The van der Waals surface area contributed by atoms with Crippen LogP contribution >= 0.6 is 0 Å². The first kappa shape index (κ1) is 17.5. The molecule has 0 fully saturated rings. The molecule has 7 heteroatoms. The Morgan fingerprint density at radius 2 is 1.14 bits per heavy atom. The Morgan fingerprint density at radius 3 is 1.61 bits per heavy atom. The topological polar surface area (TPSA) is 74.8 Å². The van der Waals surface area contributed by atoms with Crippen molar-refractivity contribution in [2.45, 2.75) is 6.92 Å². The molecule has 2 aliphatic heterocycles. The number of rotatable bonds is 3. The van der Waals surface area contributed by atoms with Crippen LogP contribution in [0.5, 0.6) is 0 Å². The van der Waals surface area contributed by atoms with Crippen LogP contribution in [0.1, 0.15) is 5.56 Å². The zero-order valence-electron chi connectivity index (χ0n) is 14.7. The monoisotopic (exact) mass is 376 g/mol.